The van der Waals surface area contributed by atoms with Gasteiger partial charge in [-0.1, -0.05) is 56.3 Å². The molecule has 160 valence electrons. The maximum Gasteiger partial charge on any atom is 0.410 e. The van der Waals surface area contributed by atoms with Crippen LogP contribution in [0.15, 0.2) is 46.3 Å². The number of hydrogen-bond acceptors (Lipinski definition) is 4. The van der Waals surface area contributed by atoms with Crippen molar-refractivity contribution in [2.45, 2.75) is 59.1 Å². The van der Waals surface area contributed by atoms with E-state index in [9.17, 15) is 4.79 Å². The van der Waals surface area contributed by atoms with Gasteiger partial charge >= 0.3 is 6.09 Å². The van der Waals surface area contributed by atoms with Gasteiger partial charge in [0, 0.05) is 12.1 Å². The van der Waals surface area contributed by atoms with E-state index in [1.165, 1.54) is 10.8 Å². The lowest BCUT2D eigenvalue weighted by atomic mass is 10.0. The Bertz CT molecular complexity index is 1020. The Kier molecular flexibility index (Phi) is 7.19. The van der Waals surface area contributed by atoms with Crippen LogP contribution in [0.3, 0.4) is 0 Å². The van der Waals surface area contributed by atoms with Crippen molar-refractivity contribution >= 4 is 44.1 Å². The molecule has 4 nitrogen and oxygen atoms in total. The van der Waals surface area contributed by atoms with E-state index < -0.39 is 5.60 Å². The fourth-order valence-electron chi connectivity index (χ4n) is 3.62. The predicted octanol–water partition coefficient (Wildman–Crippen LogP) is 7.82. The molecule has 2 heterocycles. The molecule has 1 aliphatic heterocycles. The molecular formula is C24H29BrN2O2S. The quantitative estimate of drug-likeness (QED) is 0.369. The maximum atomic E-state index is 12.7. The Morgan fingerprint density at radius 1 is 1.17 bits per heavy atom. The molecule has 0 spiro atoms. The van der Waals surface area contributed by atoms with Gasteiger partial charge in [0.25, 0.3) is 0 Å². The summed E-state index contributed by atoms with van der Waals surface area (Å²) in [5.41, 5.74) is 1.55. The summed E-state index contributed by atoms with van der Waals surface area (Å²) < 4.78 is 6.60. The third kappa shape index (κ3) is 4.86. The predicted molar refractivity (Wildman–Crippen MR) is 129 cm³/mol. The number of rotatable bonds is 2. The van der Waals surface area contributed by atoms with E-state index in [4.69, 9.17) is 9.72 Å². The first-order valence-corrected chi connectivity index (χ1v) is 12.1. The zero-order valence-electron chi connectivity index (χ0n) is 18.2. The van der Waals surface area contributed by atoms with E-state index >= 15 is 0 Å². The van der Waals surface area contributed by atoms with Crippen molar-refractivity contribution < 1.29 is 9.53 Å². The smallest absolute Gasteiger partial charge is 0.410 e. The van der Waals surface area contributed by atoms with Crippen LogP contribution in [0.4, 0.5) is 4.79 Å². The summed E-state index contributed by atoms with van der Waals surface area (Å²) in [4.78, 5) is 19.4. The normalized spacial score (nSPS) is 16.3. The Balaban J connectivity index is 0.00000124. The Labute approximate surface area is 191 Å². The molecule has 0 unspecified atom stereocenters. The summed E-state index contributed by atoms with van der Waals surface area (Å²) in [5, 5.41) is 3.33. The van der Waals surface area contributed by atoms with E-state index in [1.54, 1.807) is 11.3 Å². The first-order valence-electron chi connectivity index (χ1n) is 10.5. The first-order chi connectivity index (χ1) is 14.3. The fraction of sp³-hybridized carbons (Fsp3) is 0.417. The second kappa shape index (κ2) is 9.48. The Morgan fingerprint density at radius 3 is 2.60 bits per heavy atom. The molecule has 1 aliphatic rings. The molecule has 1 saturated heterocycles. The molecule has 3 aromatic rings. The van der Waals surface area contributed by atoms with Crippen LogP contribution < -0.4 is 0 Å². The van der Waals surface area contributed by atoms with Crippen molar-refractivity contribution in [3.8, 4) is 11.3 Å². The first kappa shape index (κ1) is 22.8. The summed E-state index contributed by atoms with van der Waals surface area (Å²) >= 11 is 5.32. The molecule has 6 heteroatoms. The van der Waals surface area contributed by atoms with Crippen molar-refractivity contribution in [2.75, 3.05) is 6.54 Å². The monoisotopic (exact) mass is 488 g/mol. The number of nitrogens with zero attached hydrogens (tertiary/aromatic N) is 2. The third-order valence-electron chi connectivity index (χ3n) is 4.81. The number of halogens is 1. The van der Waals surface area contributed by atoms with Crippen LogP contribution in [-0.2, 0) is 4.74 Å². The minimum absolute atomic E-state index is 0.0279. The highest BCUT2D eigenvalue weighted by molar-refractivity contribution is 9.11. The van der Waals surface area contributed by atoms with Crippen LogP contribution in [0.25, 0.3) is 22.0 Å². The second-order valence-electron chi connectivity index (χ2n) is 8.03. The molecule has 0 bridgehead atoms. The number of hydrogen-bond donors (Lipinski definition) is 0. The van der Waals surface area contributed by atoms with E-state index in [-0.39, 0.29) is 12.1 Å². The molecule has 1 amide bonds. The largest absolute Gasteiger partial charge is 0.444 e. The van der Waals surface area contributed by atoms with Crippen LogP contribution in [0.5, 0.6) is 0 Å². The molecule has 0 aliphatic carbocycles. The van der Waals surface area contributed by atoms with Crippen molar-refractivity contribution in [3.63, 3.8) is 0 Å². The molecule has 0 N–H and O–H groups in total. The van der Waals surface area contributed by atoms with Crippen molar-refractivity contribution in [3.05, 3.63) is 51.3 Å². The van der Waals surface area contributed by atoms with Gasteiger partial charge in [-0.15, -0.1) is 11.3 Å². The van der Waals surface area contributed by atoms with Crippen molar-refractivity contribution in [1.82, 2.24) is 9.88 Å². The van der Waals surface area contributed by atoms with Crippen LogP contribution in [0, 0.1) is 0 Å². The zero-order chi connectivity index (χ0) is 21.9. The number of aromatic nitrogens is 1. The van der Waals surface area contributed by atoms with Gasteiger partial charge < -0.3 is 4.74 Å². The molecule has 2 aromatic carbocycles. The highest BCUT2D eigenvalue weighted by Crippen LogP contribution is 2.42. The minimum atomic E-state index is -0.498. The fourth-order valence-corrected chi connectivity index (χ4v) is 5.37. The minimum Gasteiger partial charge on any atom is -0.444 e. The number of fused-ring (bicyclic) bond motifs is 1. The van der Waals surface area contributed by atoms with Crippen LogP contribution in [0.2, 0.25) is 0 Å². The van der Waals surface area contributed by atoms with E-state index in [2.05, 4.69) is 46.3 Å². The highest BCUT2D eigenvalue weighted by Gasteiger charge is 2.35. The SMILES string of the molecule is CC.CC(C)(C)OC(=O)N1CCC[C@H]1c1nc(-c2cccc3ccccc23)c(Br)s1. The lowest BCUT2D eigenvalue weighted by Crippen LogP contribution is -2.36. The average Bonchev–Trinajstić information content (AvgIpc) is 3.34. The highest BCUT2D eigenvalue weighted by atomic mass is 79.9. The Morgan fingerprint density at radius 2 is 1.87 bits per heavy atom. The van der Waals surface area contributed by atoms with Gasteiger partial charge in [0.15, 0.2) is 0 Å². The molecule has 1 fully saturated rings. The number of thiazole rings is 1. The summed E-state index contributed by atoms with van der Waals surface area (Å²) in [6, 6.07) is 14.6. The molecule has 0 saturated carbocycles. The molecule has 0 radical (unpaired) electrons. The van der Waals surface area contributed by atoms with Gasteiger partial charge in [-0.05, 0) is 60.3 Å². The number of ether oxygens (including phenoxy) is 1. The van der Waals surface area contributed by atoms with Gasteiger partial charge in [-0.2, -0.15) is 0 Å². The van der Waals surface area contributed by atoms with Crippen LogP contribution in [0.1, 0.15) is 58.5 Å². The van der Waals surface area contributed by atoms with E-state index in [0.29, 0.717) is 6.54 Å². The second-order valence-corrected chi connectivity index (χ2v) is 10.4. The van der Waals surface area contributed by atoms with Gasteiger partial charge in [-0.3, -0.25) is 4.90 Å². The molecule has 1 atom stereocenters. The number of carbonyl (C=O) groups is 1. The lowest BCUT2D eigenvalue weighted by molar-refractivity contribution is 0.0224. The number of carbonyl (C=O) groups excluding carboxylic acids is 1. The molecule has 30 heavy (non-hydrogen) atoms. The molecule has 4 rings (SSSR count). The maximum absolute atomic E-state index is 12.7. The van der Waals surface area contributed by atoms with Crippen LogP contribution >= 0.6 is 27.3 Å². The van der Waals surface area contributed by atoms with E-state index in [1.807, 2.05) is 51.7 Å². The van der Waals surface area contributed by atoms with Crippen LogP contribution in [-0.4, -0.2) is 28.1 Å². The average molecular weight is 489 g/mol. The van der Waals surface area contributed by atoms with Crippen molar-refractivity contribution in [1.29, 1.82) is 0 Å². The molecular weight excluding hydrogens is 460 g/mol. The van der Waals surface area contributed by atoms with Gasteiger partial charge in [0.05, 0.1) is 15.5 Å². The summed E-state index contributed by atoms with van der Waals surface area (Å²) in [6.07, 6.45) is 1.62. The third-order valence-corrected chi connectivity index (χ3v) is 6.62. The molecule has 1 aromatic heterocycles. The Hall–Kier alpha value is -1.92. The van der Waals surface area contributed by atoms with Crippen molar-refractivity contribution in [2.24, 2.45) is 0 Å². The van der Waals surface area contributed by atoms with Gasteiger partial charge in [-0.25, -0.2) is 9.78 Å². The standard InChI is InChI=1S/C22H23BrN2O2S.C2H6/c1-22(2,3)27-21(26)25-13-7-12-17(25)20-24-18(19(23)28-20)16-11-6-9-14-8-4-5-10-15(14)16;1-2/h4-6,8-11,17H,7,12-13H2,1-3H3;1-2H3/t17-;/m0./s1. The zero-order valence-corrected chi connectivity index (χ0v) is 20.6. The van der Waals surface area contributed by atoms with Gasteiger partial charge in [0.1, 0.15) is 10.6 Å². The summed E-state index contributed by atoms with van der Waals surface area (Å²) in [5.74, 6) is 0. The van der Waals surface area contributed by atoms with E-state index in [0.717, 1.165) is 32.9 Å². The lowest BCUT2D eigenvalue weighted by Gasteiger charge is -2.27. The van der Waals surface area contributed by atoms with Gasteiger partial charge in [0.2, 0.25) is 0 Å². The summed E-state index contributed by atoms with van der Waals surface area (Å²) in [6.45, 7) is 10.4. The number of amides is 1. The topological polar surface area (TPSA) is 42.4 Å². The summed E-state index contributed by atoms with van der Waals surface area (Å²) in [7, 11) is 0. The number of likely N-dealkylation sites (tertiary alicyclic amines) is 1. The number of benzene rings is 2.